The summed E-state index contributed by atoms with van der Waals surface area (Å²) in [6.45, 7) is 0. The number of hydrogen-bond acceptors (Lipinski definition) is 4. The van der Waals surface area contributed by atoms with Crippen LogP contribution in [0.25, 0.3) is 16.9 Å². The largest absolute Gasteiger partial charge is 0.389 e. The summed E-state index contributed by atoms with van der Waals surface area (Å²) in [5.41, 5.74) is 7.11. The maximum atomic E-state index is 13.0. The molecular weight excluding hydrogens is 314 g/mol. The molecule has 0 aliphatic rings. The molecule has 9 heteroatoms. The van der Waals surface area contributed by atoms with E-state index >= 15 is 0 Å². The lowest BCUT2D eigenvalue weighted by atomic mass is 10.1. The van der Waals surface area contributed by atoms with Crippen molar-refractivity contribution in [1.29, 1.82) is 0 Å². The number of nitrogens with zero attached hydrogens (tertiary/aromatic N) is 4. The summed E-state index contributed by atoms with van der Waals surface area (Å²) in [7, 11) is 0. The number of fused-ring (bicyclic) bond motifs is 1. The summed E-state index contributed by atoms with van der Waals surface area (Å²) in [5, 5.41) is 3.92. The molecule has 0 fully saturated rings. The lowest BCUT2D eigenvalue weighted by molar-refractivity contribution is -0.134. The molecule has 0 saturated heterocycles. The molecular formula is C14H11F4N5. The zero-order chi connectivity index (χ0) is 16.6. The van der Waals surface area contributed by atoms with Gasteiger partial charge in [0.15, 0.2) is 11.5 Å². The standard InChI is InChI=1S/C14H11F4N5/c15-9-3-1-8(2-4-9)10-7-12-21-11(5-6-14(16,17)18)22-23(12)13(19)20-10/h1-4,7H,5-6H2,(H2,19,20). The molecule has 23 heavy (non-hydrogen) atoms. The van der Waals surface area contributed by atoms with Crippen molar-refractivity contribution in [2.24, 2.45) is 0 Å². The first-order chi connectivity index (χ1) is 10.8. The second-order valence-corrected chi connectivity index (χ2v) is 4.92. The van der Waals surface area contributed by atoms with Crippen molar-refractivity contribution in [3.8, 4) is 11.3 Å². The molecule has 0 radical (unpaired) electrons. The average Bonchev–Trinajstić information content (AvgIpc) is 2.89. The van der Waals surface area contributed by atoms with Crippen molar-refractivity contribution in [3.63, 3.8) is 0 Å². The Kier molecular flexibility index (Phi) is 3.63. The van der Waals surface area contributed by atoms with Gasteiger partial charge in [0.1, 0.15) is 5.82 Å². The van der Waals surface area contributed by atoms with Gasteiger partial charge in [0.25, 0.3) is 0 Å². The maximum absolute atomic E-state index is 13.0. The van der Waals surface area contributed by atoms with Gasteiger partial charge in [-0.15, -0.1) is 5.10 Å². The molecule has 5 nitrogen and oxygen atoms in total. The zero-order valence-electron chi connectivity index (χ0n) is 11.7. The Bertz CT molecular complexity index is 839. The van der Waals surface area contributed by atoms with E-state index in [0.717, 1.165) is 0 Å². The molecule has 0 atom stereocenters. The Morgan fingerprint density at radius 3 is 2.43 bits per heavy atom. The van der Waals surface area contributed by atoms with Crippen LogP contribution in [-0.4, -0.2) is 25.8 Å². The SMILES string of the molecule is Nc1nc(-c2ccc(F)cc2)cc2nc(CCC(F)(F)F)nn12. The first-order valence-electron chi connectivity index (χ1n) is 6.67. The highest BCUT2D eigenvalue weighted by Crippen LogP contribution is 2.23. The van der Waals surface area contributed by atoms with E-state index in [1.807, 2.05) is 0 Å². The van der Waals surface area contributed by atoms with Crippen molar-refractivity contribution in [2.75, 3.05) is 5.73 Å². The van der Waals surface area contributed by atoms with Crippen LogP contribution in [0.15, 0.2) is 30.3 Å². The van der Waals surface area contributed by atoms with Gasteiger partial charge < -0.3 is 5.73 Å². The van der Waals surface area contributed by atoms with Crippen LogP contribution in [0, 0.1) is 5.82 Å². The van der Waals surface area contributed by atoms with Gasteiger partial charge in [0.2, 0.25) is 5.95 Å². The number of benzene rings is 1. The van der Waals surface area contributed by atoms with E-state index in [1.165, 1.54) is 34.8 Å². The van der Waals surface area contributed by atoms with Gasteiger partial charge in [-0.05, 0) is 24.3 Å². The summed E-state index contributed by atoms with van der Waals surface area (Å²) < 4.78 is 50.9. The lowest BCUT2D eigenvalue weighted by Gasteiger charge is -2.03. The van der Waals surface area contributed by atoms with Gasteiger partial charge in [-0.1, -0.05) is 0 Å². The van der Waals surface area contributed by atoms with Crippen molar-refractivity contribution in [2.45, 2.75) is 19.0 Å². The number of anilines is 1. The Labute approximate surface area is 127 Å². The second-order valence-electron chi connectivity index (χ2n) is 4.92. The highest BCUT2D eigenvalue weighted by atomic mass is 19.4. The Balaban J connectivity index is 1.96. The number of alkyl halides is 3. The minimum absolute atomic E-state index is 0.00687. The quantitative estimate of drug-likeness (QED) is 0.752. The van der Waals surface area contributed by atoms with Crippen LogP contribution in [0.1, 0.15) is 12.2 Å². The predicted molar refractivity (Wildman–Crippen MR) is 75.0 cm³/mol. The van der Waals surface area contributed by atoms with Crippen molar-refractivity contribution in [3.05, 3.63) is 42.0 Å². The van der Waals surface area contributed by atoms with Crippen LogP contribution in [0.3, 0.4) is 0 Å². The Morgan fingerprint density at radius 1 is 1.09 bits per heavy atom. The van der Waals surface area contributed by atoms with Crippen molar-refractivity contribution in [1.82, 2.24) is 19.6 Å². The van der Waals surface area contributed by atoms with E-state index in [9.17, 15) is 17.6 Å². The van der Waals surface area contributed by atoms with Crippen LogP contribution in [-0.2, 0) is 6.42 Å². The molecule has 2 aromatic heterocycles. The van der Waals surface area contributed by atoms with Gasteiger partial charge in [0.05, 0.1) is 12.1 Å². The number of aryl methyl sites for hydroxylation is 1. The van der Waals surface area contributed by atoms with Crippen molar-refractivity contribution >= 4 is 11.6 Å². The van der Waals surface area contributed by atoms with E-state index in [2.05, 4.69) is 15.1 Å². The molecule has 120 valence electrons. The zero-order valence-corrected chi connectivity index (χ0v) is 11.7. The molecule has 0 bridgehead atoms. The smallest absolute Gasteiger partial charge is 0.368 e. The van der Waals surface area contributed by atoms with Gasteiger partial charge >= 0.3 is 6.18 Å². The van der Waals surface area contributed by atoms with Crippen LogP contribution < -0.4 is 5.73 Å². The van der Waals surface area contributed by atoms with Gasteiger partial charge in [0, 0.05) is 18.1 Å². The summed E-state index contributed by atoms with van der Waals surface area (Å²) in [6, 6.07) is 7.13. The lowest BCUT2D eigenvalue weighted by Crippen LogP contribution is -2.09. The predicted octanol–water partition coefficient (Wildman–Crippen LogP) is 3.01. The summed E-state index contributed by atoms with van der Waals surface area (Å²) >= 11 is 0. The maximum Gasteiger partial charge on any atom is 0.389 e. The van der Waals surface area contributed by atoms with Crippen LogP contribution in [0.2, 0.25) is 0 Å². The normalized spacial score (nSPS) is 12.0. The third-order valence-corrected chi connectivity index (χ3v) is 3.17. The molecule has 0 aliphatic heterocycles. The third kappa shape index (κ3) is 3.38. The molecule has 0 saturated carbocycles. The number of nitrogen functional groups attached to an aromatic ring is 1. The van der Waals surface area contributed by atoms with Crippen molar-refractivity contribution < 1.29 is 17.6 Å². The molecule has 0 aliphatic carbocycles. The van der Waals surface area contributed by atoms with Crippen LogP contribution in [0.4, 0.5) is 23.5 Å². The molecule has 0 unspecified atom stereocenters. The molecule has 0 amide bonds. The van der Waals surface area contributed by atoms with E-state index in [-0.39, 0.29) is 29.7 Å². The van der Waals surface area contributed by atoms with Crippen LogP contribution in [0.5, 0.6) is 0 Å². The summed E-state index contributed by atoms with van der Waals surface area (Å²) in [6.07, 6.45) is -5.63. The topological polar surface area (TPSA) is 69.1 Å². The van der Waals surface area contributed by atoms with Gasteiger partial charge in [-0.2, -0.15) is 17.7 Å². The fourth-order valence-electron chi connectivity index (χ4n) is 2.08. The average molecular weight is 325 g/mol. The molecule has 2 N–H and O–H groups in total. The van der Waals surface area contributed by atoms with E-state index in [1.54, 1.807) is 0 Å². The van der Waals surface area contributed by atoms with E-state index in [4.69, 9.17) is 5.73 Å². The Hall–Kier alpha value is -2.71. The van der Waals surface area contributed by atoms with Gasteiger partial charge in [-0.3, -0.25) is 0 Å². The number of halogens is 4. The minimum atomic E-state index is -4.28. The number of aromatic nitrogens is 4. The molecule has 1 aromatic carbocycles. The number of nitrogens with two attached hydrogens (primary N) is 1. The highest BCUT2D eigenvalue weighted by Gasteiger charge is 2.27. The van der Waals surface area contributed by atoms with Gasteiger partial charge in [-0.25, -0.2) is 14.4 Å². The summed E-state index contributed by atoms with van der Waals surface area (Å²) in [5.74, 6) is -0.362. The van der Waals surface area contributed by atoms with Crippen LogP contribution >= 0.6 is 0 Å². The monoisotopic (exact) mass is 325 g/mol. The first kappa shape index (κ1) is 15.2. The molecule has 0 spiro atoms. The first-order valence-corrected chi connectivity index (χ1v) is 6.67. The molecule has 2 heterocycles. The molecule has 3 aromatic rings. The number of hydrogen-bond donors (Lipinski definition) is 1. The third-order valence-electron chi connectivity index (χ3n) is 3.17. The van der Waals surface area contributed by atoms with E-state index < -0.39 is 12.6 Å². The summed E-state index contributed by atoms with van der Waals surface area (Å²) in [4.78, 5) is 8.16. The minimum Gasteiger partial charge on any atom is -0.368 e. The molecule has 3 rings (SSSR count). The fraction of sp³-hybridized carbons (Fsp3) is 0.214. The Morgan fingerprint density at radius 2 is 1.78 bits per heavy atom. The fourth-order valence-corrected chi connectivity index (χ4v) is 2.08. The van der Waals surface area contributed by atoms with E-state index in [0.29, 0.717) is 11.3 Å². The second kappa shape index (κ2) is 5.49. The highest BCUT2D eigenvalue weighted by molar-refractivity contribution is 5.65. The number of rotatable bonds is 3.